The van der Waals surface area contributed by atoms with Crippen molar-refractivity contribution in [2.45, 2.75) is 71.0 Å². The van der Waals surface area contributed by atoms with Crippen LogP contribution in [0.25, 0.3) is 0 Å². The number of hydrogen-bond donors (Lipinski definition) is 2. The van der Waals surface area contributed by atoms with E-state index in [4.69, 9.17) is 4.74 Å². The second-order valence-electron chi connectivity index (χ2n) is 6.75. The van der Waals surface area contributed by atoms with Gasteiger partial charge in [0.2, 0.25) is 0 Å². The van der Waals surface area contributed by atoms with Crippen LogP contribution in [0.1, 0.15) is 59.8 Å². The smallest absolute Gasteiger partial charge is 0.307 e. The summed E-state index contributed by atoms with van der Waals surface area (Å²) in [7, 11) is 0. The van der Waals surface area contributed by atoms with Crippen molar-refractivity contribution in [1.82, 2.24) is 0 Å². The molecular weight excluding hydrogens is 260 g/mol. The van der Waals surface area contributed by atoms with E-state index in [1.54, 1.807) is 0 Å². The third-order valence-electron chi connectivity index (χ3n) is 4.40. The second kappa shape index (κ2) is 6.49. The maximum atomic E-state index is 11.6. The molecule has 0 aromatic heterocycles. The van der Waals surface area contributed by atoms with Gasteiger partial charge in [-0.15, -0.1) is 0 Å². The van der Waals surface area contributed by atoms with E-state index in [1.807, 2.05) is 27.7 Å². The molecule has 1 aliphatic carbocycles. The SMILES string of the molecule is CC(C)(O)C1CCC(C(C)(C)OC(=O)CCS)CC1. The highest BCUT2D eigenvalue weighted by molar-refractivity contribution is 7.80. The zero-order valence-electron chi connectivity index (χ0n) is 12.6. The lowest BCUT2D eigenvalue weighted by Crippen LogP contribution is -2.42. The predicted molar refractivity (Wildman–Crippen MR) is 80.4 cm³/mol. The van der Waals surface area contributed by atoms with Crippen molar-refractivity contribution in [1.29, 1.82) is 0 Å². The van der Waals surface area contributed by atoms with E-state index in [0.29, 0.717) is 24.0 Å². The van der Waals surface area contributed by atoms with Crippen molar-refractivity contribution in [3.8, 4) is 0 Å². The molecular formula is C15H28O3S. The number of esters is 1. The van der Waals surface area contributed by atoms with E-state index in [2.05, 4.69) is 12.6 Å². The molecule has 0 spiro atoms. The lowest BCUT2D eigenvalue weighted by atomic mass is 9.70. The van der Waals surface area contributed by atoms with Crippen molar-refractivity contribution in [3.05, 3.63) is 0 Å². The van der Waals surface area contributed by atoms with Crippen molar-refractivity contribution in [3.63, 3.8) is 0 Å². The van der Waals surface area contributed by atoms with Gasteiger partial charge in [0.25, 0.3) is 0 Å². The molecule has 0 aromatic carbocycles. The Morgan fingerprint density at radius 1 is 1.16 bits per heavy atom. The summed E-state index contributed by atoms with van der Waals surface area (Å²) >= 11 is 4.05. The highest BCUT2D eigenvalue weighted by atomic mass is 32.1. The first-order valence-corrected chi connectivity index (χ1v) is 7.85. The minimum Gasteiger partial charge on any atom is -0.459 e. The van der Waals surface area contributed by atoms with Gasteiger partial charge in [0.15, 0.2) is 0 Å². The first-order valence-electron chi connectivity index (χ1n) is 7.22. The topological polar surface area (TPSA) is 46.5 Å². The van der Waals surface area contributed by atoms with Crippen molar-refractivity contribution in [2.75, 3.05) is 5.75 Å². The quantitative estimate of drug-likeness (QED) is 0.603. The Morgan fingerprint density at radius 3 is 2.05 bits per heavy atom. The molecule has 0 bridgehead atoms. The Balaban J connectivity index is 2.51. The molecule has 0 saturated heterocycles. The second-order valence-corrected chi connectivity index (χ2v) is 7.20. The van der Waals surface area contributed by atoms with Crippen molar-refractivity contribution < 1.29 is 14.6 Å². The van der Waals surface area contributed by atoms with Crippen LogP contribution in [0.3, 0.4) is 0 Å². The molecule has 0 unspecified atom stereocenters. The molecule has 0 aromatic rings. The van der Waals surface area contributed by atoms with Crippen LogP contribution in [0.5, 0.6) is 0 Å². The summed E-state index contributed by atoms with van der Waals surface area (Å²) in [6.45, 7) is 7.77. The number of aliphatic hydroxyl groups is 1. The molecule has 0 radical (unpaired) electrons. The van der Waals surface area contributed by atoms with Gasteiger partial charge < -0.3 is 9.84 Å². The van der Waals surface area contributed by atoms with E-state index >= 15 is 0 Å². The molecule has 1 saturated carbocycles. The normalized spacial score (nSPS) is 25.2. The summed E-state index contributed by atoms with van der Waals surface area (Å²) < 4.78 is 5.59. The maximum Gasteiger partial charge on any atom is 0.307 e. The van der Waals surface area contributed by atoms with Crippen LogP contribution in [-0.2, 0) is 9.53 Å². The average Bonchev–Trinajstić information content (AvgIpc) is 2.27. The summed E-state index contributed by atoms with van der Waals surface area (Å²) in [5.41, 5.74) is -1.01. The highest BCUT2D eigenvalue weighted by Gasteiger charge is 2.39. The van der Waals surface area contributed by atoms with Gasteiger partial charge in [0.05, 0.1) is 12.0 Å². The summed E-state index contributed by atoms with van der Waals surface area (Å²) in [5, 5.41) is 10.1. The summed E-state index contributed by atoms with van der Waals surface area (Å²) in [4.78, 5) is 11.6. The van der Waals surface area contributed by atoms with Gasteiger partial charge in [-0.2, -0.15) is 12.6 Å². The van der Waals surface area contributed by atoms with E-state index in [-0.39, 0.29) is 5.97 Å². The minimum atomic E-state index is -0.599. The zero-order chi connectivity index (χ0) is 14.7. The van der Waals surface area contributed by atoms with Crippen molar-refractivity contribution >= 4 is 18.6 Å². The van der Waals surface area contributed by atoms with Crippen molar-refractivity contribution in [2.24, 2.45) is 11.8 Å². The lowest BCUT2D eigenvalue weighted by Gasteiger charge is -2.41. The molecule has 0 atom stereocenters. The van der Waals surface area contributed by atoms with Gasteiger partial charge in [0, 0.05) is 5.75 Å². The molecule has 19 heavy (non-hydrogen) atoms. The predicted octanol–water partition coefficient (Wildman–Crippen LogP) is 3.21. The summed E-state index contributed by atoms with van der Waals surface area (Å²) in [5.74, 6) is 1.10. The number of ether oxygens (including phenoxy) is 1. The van der Waals surface area contributed by atoms with E-state index < -0.39 is 11.2 Å². The third kappa shape index (κ3) is 4.99. The number of carbonyl (C=O) groups excluding carboxylic acids is 1. The van der Waals surface area contributed by atoms with Crippen LogP contribution < -0.4 is 0 Å². The van der Waals surface area contributed by atoms with Gasteiger partial charge in [-0.3, -0.25) is 4.79 Å². The van der Waals surface area contributed by atoms with E-state index in [1.165, 1.54) is 0 Å². The molecule has 1 fully saturated rings. The Morgan fingerprint density at radius 2 is 1.63 bits per heavy atom. The molecule has 1 rings (SSSR count). The minimum absolute atomic E-state index is 0.162. The Labute approximate surface area is 122 Å². The van der Waals surface area contributed by atoms with Crippen LogP contribution in [0.15, 0.2) is 0 Å². The van der Waals surface area contributed by atoms with Crippen LogP contribution in [0, 0.1) is 11.8 Å². The van der Waals surface area contributed by atoms with Gasteiger partial charge in [-0.1, -0.05) is 0 Å². The summed E-state index contributed by atoms with van der Waals surface area (Å²) in [6.07, 6.45) is 4.39. The number of thiol groups is 1. The van der Waals surface area contributed by atoms with Crippen LogP contribution in [0.4, 0.5) is 0 Å². The monoisotopic (exact) mass is 288 g/mol. The molecule has 1 N–H and O–H groups in total. The first-order chi connectivity index (χ1) is 8.66. The third-order valence-corrected chi connectivity index (χ3v) is 4.63. The van der Waals surface area contributed by atoms with Crippen LogP contribution in [-0.4, -0.2) is 28.0 Å². The van der Waals surface area contributed by atoms with Crippen LogP contribution in [0.2, 0.25) is 0 Å². The number of rotatable bonds is 5. The van der Waals surface area contributed by atoms with Gasteiger partial charge in [-0.05, 0) is 65.2 Å². The standard InChI is InChI=1S/C15H28O3S/c1-14(2,17)11-5-7-12(8-6-11)15(3,4)18-13(16)9-10-19/h11-12,17,19H,5-10H2,1-4H3. The molecule has 0 amide bonds. The molecule has 3 nitrogen and oxygen atoms in total. The molecule has 0 heterocycles. The molecule has 1 aliphatic rings. The largest absolute Gasteiger partial charge is 0.459 e. The van der Waals surface area contributed by atoms with Gasteiger partial charge >= 0.3 is 5.97 Å². The van der Waals surface area contributed by atoms with Crippen LogP contribution >= 0.6 is 12.6 Å². The highest BCUT2D eigenvalue weighted by Crippen LogP contribution is 2.40. The van der Waals surface area contributed by atoms with Gasteiger partial charge in [-0.25, -0.2) is 0 Å². The Bertz CT molecular complexity index is 299. The number of hydrogen-bond acceptors (Lipinski definition) is 4. The molecule has 4 heteroatoms. The fraction of sp³-hybridized carbons (Fsp3) is 0.933. The molecule has 0 aliphatic heterocycles. The zero-order valence-corrected chi connectivity index (χ0v) is 13.5. The molecule has 112 valence electrons. The Kier molecular flexibility index (Phi) is 5.75. The van der Waals surface area contributed by atoms with E-state index in [0.717, 1.165) is 25.7 Å². The fourth-order valence-corrected chi connectivity index (χ4v) is 3.20. The first kappa shape index (κ1) is 16.8. The summed E-state index contributed by atoms with van der Waals surface area (Å²) in [6, 6.07) is 0. The average molecular weight is 288 g/mol. The number of carbonyl (C=O) groups is 1. The maximum absolute atomic E-state index is 11.6. The van der Waals surface area contributed by atoms with E-state index in [9.17, 15) is 9.90 Å². The van der Waals surface area contributed by atoms with Gasteiger partial charge in [0.1, 0.15) is 5.60 Å². The fourth-order valence-electron chi connectivity index (χ4n) is 3.01. The lowest BCUT2D eigenvalue weighted by molar-refractivity contribution is -0.163. The Hall–Kier alpha value is -0.220.